The SMILES string of the molecule is COCCOCCC(CBr)Cc1cccc(F)c1. The van der Waals surface area contributed by atoms with E-state index >= 15 is 0 Å². The highest BCUT2D eigenvalue weighted by molar-refractivity contribution is 9.09. The van der Waals surface area contributed by atoms with Crippen LogP contribution in [0.2, 0.25) is 0 Å². The highest BCUT2D eigenvalue weighted by atomic mass is 79.9. The molecule has 1 unspecified atom stereocenters. The van der Waals surface area contributed by atoms with Crippen LogP contribution in [0, 0.1) is 11.7 Å². The van der Waals surface area contributed by atoms with E-state index in [0.29, 0.717) is 19.1 Å². The Balaban J connectivity index is 2.28. The van der Waals surface area contributed by atoms with Gasteiger partial charge in [0, 0.05) is 19.0 Å². The van der Waals surface area contributed by atoms with Gasteiger partial charge in [0.2, 0.25) is 0 Å². The third kappa shape index (κ3) is 6.47. The molecule has 0 N–H and O–H groups in total. The zero-order valence-corrected chi connectivity index (χ0v) is 12.3. The Morgan fingerprint density at radius 1 is 1.28 bits per heavy atom. The topological polar surface area (TPSA) is 18.5 Å². The number of rotatable bonds is 9. The van der Waals surface area contributed by atoms with Crippen LogP contribution >= 0.6 is 15.9 Å². The minimum atomic E-state index is -0.169. The van der Waals surface area contributed by atoms with Gasteiger partial charge in [0.05, 0.1) is 13.2 Å². The van der Waals surface area contributed by atoms with Crippen LogP contribution in [-0.2, 0) is 15.9 Å². The van der Waals surface area contributed by atoms with Gasteiger partial charge in [-0.2, -0.15) is 0 Å². The Morgan fingerprint density at radius 3 is 2.78 bits per heavy atom. The Kier molecular flexibility index (Phi) is 8.22. The van der Waals surface area contributed by atoms with Crippen LogP contribution in [0.4, 0.5) is 4.39 Å². The largest absolute Gasteiger partial charge is 0.382 e. The van der Waals surface area contributed by atoms with Gasteiger partial charge in [-0.15, -0.1) is 0 Å². The highest BCUT2D eigenvalue weighted by Gasteiger charge is 2.09. The maximum atomic E-state index is 13.1. The van der Waals surface area contributed by atoms with Crippen molar-refractivity contribution in [3.8, 4) is 0 Å². The molecule has 1 aromatic carbocycles. The molecule has 0 aliphatic heterocycles. The Labute approximate surface area is 117 Å². The van der Waals surface area contributed by atoms with Crippen molar-refractivity contribution in [3.63, 3.8) is 0 Å². The van der Waals surface area contributed by atoms with Gasteiger partial charge in [-0.05, 0) is 36.5 Å². The Bertz CT molecular complexity index is 333. The molecule has 0 amide bonds. The van der Waals surface area contributed by atoms with Gasteiger partial charge < -0.3 is 9.47 Å². The van der Waals surface area contributed by atoms with Crippen molar-refractivity contribution >= 4 is 15.9 Å². The third-order valence-electron chi connectivity index (χ3n) is 2.73. The van der Waals surface area contributed by atoms with Gasteiger partial charge in [-0.3, -0.25) is 0 Å². The zero-order chi connectivity index (χ0) is 13.2. The lowest BCUT2D eigenvalue weighted by Crippen LogP contribution is -2.12. The monoisotopic (exact) mass is 318 g/mol. The molecule has 0 fully saturated rings. The molecule has 102 valence electrons. The van der Waals surface area contributed by atoms with Crippen molar-refractivity contribution in [2.75, 3.05) is 32.3 Å². The van der Waals surface area contributed by atoms with Crippen LogP contribution in [0.15, 0.2) is 24.3 Å². The second kappa shape index (κ2) is 9.48. The zero-order valence-electron chi connectivity index (χ0n) is 10.7. The minimum absolute atomic E-state index is 0.169. The van der Waals surface area contributed by atoms with Crippen LogP contribution in [0.1, 0.15) is 12.0 Å². The van der Waals surface area contributed by atoms with Gasteiger partial charge in [0.1, 0.15) is 5.82 Å². The van der Waals surface area contributed by atoms with E-state index in [-0.39, 0.29) is 5.82 Å². The third-order valence-corrected chi connectivity index (χ3v) is 3.65. The van der Waals surface area contributed by atoms with E-state index < -0.39 is 0 Å². The molecule has 1 rings (SSSR count). The summed E-state index contributed by atoms with van der Waals surface area (Å²) < 4.78 is 23.4. The van der Waals surface area contributed by atoms with E-state index in [2.05, 4.69) is 15.9 Å². The minimum Gasteiger partial charge on any atom is -0.382 e. The number of hydrogen-bond acceptors (Lipinski definition) is 2. The maximum Gasteiger partial charge on any atom is 0.123 e. The van der Waals surface area contributed by atoms with E-state index in [9.17, 15) is 4.39 Å². The van der Waals surface area contributed by atoms with Crippen LogP contribution in [0.25, 0.3) is 0 Å². The molecule has 4 heteroatoms. The molecule has 2 nitrogen and oxygen atoms in total. The second-order valence-corrected chi connectivity index (χ2v) is 4.90. The molecule has 0 aromatic heterocycles. The standard InChI is InChI=1S/C14H20BrFO2/c1-17-7-8-18-6-5-13(11-15)9-12-3-2-4-14(16)10-12/h2-4,10,13H,5-9,11H2,1H3. The predicted octanol–water partition coefficient (Wildman–Crippen LogP) is 3.43. The molecular weight excluding hydrogens is 299 g/mol. The average molecular weight is 319 g/mol. The molecule has 0 radical (unpaired) electrons. The first kappa shape index (κ1) is 15.6. The first-order chi connectivity index (χ1) is 8.76. The second-order valence-electron chi connectivity index (χ2n) is 4.25. The van der Waals surface area contributed by atoms with E-state index in [1.54, 1.807) is 19.2 Å². The number of hydrogen-bond donors (Lipinski definition) is 0. The molecule has 0 saturated heterocycles. The smallest absolute Gasteiger partial charge is 0.123 e. The van der Waals surface area contributed by atoms with Crippen molar-refractivity contribution in [2.45, 2.75) is 12.8 Å². The lowest BCUT2D eigenvalue weighted by atomic mass is 9.98. The Hall–Kier alpha value is -0.450. The van der Waals surface area contributed by atoms with Crippen LogP contribution in [0.5, 0.6) is 0 Å². The number of alkyl halides is 1. The van der Waals surface area contributed by atoms with Crippen molar-refractivity contribution in [2.24, 2.45) is 5.92 Å². The first-order valence-electron chi connectivity index (χ1n) is 6.13. The lowest BCUT2D eigenvalue weighted by molar-refractivity contribution is 0.0648. The summed E-state index contributed by atoms with van der Waals surface area (Å²) in [6.07, 6.45) is 1.84. The summed E-state index contributed by atoms with van der Waals surface area (Å²) in [4.78, 5) is 0. The van der Waals surface area contributed by atoms with Crippen LogP contribution in [-0.4, -0.2) is 32.3 Å². The van der Waals surface area contributed by atoms with Gasteiger partial charge >= 0.3 is 0 Å². The van der Waals surface area contributed by atoms with Gasteiger partial charge in [0.25, 0.3) is 0 Å². The maximum absolute atomic E-state index is 13.1. The molecule has 0 aliphatic rings. The summed E-state index contributed by atoms with van der Waals surface area (Å²) in [5, 5.41) is 0.900. The summed E-state index contributed by atoms with van der Waals surface area (Å²) in [5.41, 5.74) is 1.04. The summed E-state index contributed by atoms with van der Waals surface area (Å²) in [6, 6.07) is 6.79. The lowest BCUT2D eigenvalue weighted by Gasteiger charge is -2.14. The normalized spacial score (nSPS) is 12.6. The van der Waals surface area contributed by atoms with Crippen molar-refractivity contribution in [1.29, 1.82) is 0 Å². The molecule has 18 heavy (non-hydrogen) atoms. The van der Waals surface area contributed by atoms with E-state index in [4.69, 9.17) is 9.47 Å². The molecule has 0 aliphatic carbocycles. The van der Waals surface area contributed by atoms with Gasteiger partial charge in [0.15, 0.2) is 0 Å². The van der Waals surface area contributed by atoms with E-state index in [1.165, 1.54) is 6.07 Å². The average Bonchev–Trinajstić information content (AvgIpc) is 2.37. The summed E-state index contributed by atoms with van der Waals surface area (Å²) >= 11 is 3.50. The van der Waals surface area contributed by atoms with Gasteiger partial charge in [-0.1, -0.05) is 28.1 Å². The fourth-order valence-corrected chi connectivity index (χ4v) is 2.28. The van der Waals surface area contributed by atoms with Crippen LogP contribution < -0.4 is 0 Å². The van der Waals surface area contributed by atoms with Crippen molar-refractivity contribution in [3.05, 3.63) is 35.6 Å². The number of halogens is 2. The molecular formula is C14H20BrFO2. The van der Waals surface area contributed by atoms with Crippen LogP contribution in [0.3, 0.4) is 0 Å². The number of ether oxygens (including phenoxy) is 2. The van der Waals surface area contributed by atoms with Crippen molar-refractivity contribution < 1.29 is 13.9 Å². The molecule has 0 spiro atoms. The summed E-state index contributed by atoms with van der Waals surface area (Å²) in [6.45, 7) is 1.98. The van der Waals surface area contributed by atoms with Gasteiger partial charge in [-0.25, -0.2) is 4.39 Å². The van der Waals surface area contributed by atoms with E-state index in [1.807, 2.05) is 6.07 Å². The summed E-state index contributed by atoms with van der Waals surface area (Å²) in [5.74, 6) is 0.298. The van der Waals surface area contributed by atoms with Crippen molar-refractivity contribution in [1.82, 2.24) is 0 Å². The fraction of sp³-hybridized carbons (Fsp3) is 0.571. The molecule has 0 heterocycles. The highest BCUT2D eigenvalue weighted by Crippen LogP contribution is 2.16. The Morgan fingerprint density at radius 2 is 2.11 bits per heavy atom. The predicted molar refractivity (Wildman–Crippen MR) is 74.7 cm³/mol. The fourth-order valence-electron chi connectivity index (χ4n) is 1.73. The molecule has 1 atom stereocenters. The molecule has 0 saturated carbocycles. The first-order valence-corrected chi connectivity index (χ1v) is 7.25. The number of benzene rings is 1. The van der Waals surface area contributed by atoms with E-state index in [0.717, 1.165) is 30.3 Å². The molecule has 0 bridgehead atoms. The quantitative estimate of drug-likeness (QED) is 0.513. The summed E-state index contributed by atoms with van der Waals surface area (Å²) in [7, 11) is 1.66. The number of methoxy groups -OCH3 is 1. The molecule has 1 aromatic rings.